The van der Waals surface area contributed by atoms with Gasteiger partial charge in [-0.25, -0.2) is 14.8 Å². The summed E-state index contributed by atoms with van der Waals surface area (Å²) in [5.41, 5.74) is 9.81. The van der Waals surface area contributed by atoms with Gasteiger partial charge in [0.25, 0.3) is 0 Å². The third kappa shape index (κ3) is 3.18. The Hall–Kier alpha value is -6.77. The average Bonchev–Trinajstić information content (AvgIpc) is 3.78. The van der Waals surface area contributed by atoms with Crippen LogP contribution in [0.3, 0.4) is 0 Å². The number of rotatable bonds is 2. The predicted molar refractivity (Wildman–Crippen MR) is 198 cm³/mol. The zero-order chi connectivity index (χ0) is 31.5. The average molecular weight is 610 g/mol. The van der Waals surface area contributed by atoms with Crippen LogP contribution in [0.2, 0.25) is 0 Å². The van der Waals surface area contributed by atoms with E-state index >= 15 is 0 Å². The molecule has 0 saturated carbocycles. The fourth-order valence-electron chi connectivity index (χ4n) is 8.03. The maximum Gasteiger partial charge on any atom is 0.187 e. The standard InChI is InChI=1S/C43H23N5/c1-44-27-21-18-26(19-22-27)40-43(46-34-15-7-6-14-33(34)45-40)47-36-17-9-5-13-30(36)38-37(47)24-32-29-12-4-8-16-35(29)48-41-28-11-3-2-10-25(28)20-23-31(41)39(38)42(32)48/h2-24H. The maximum absolute atomic E-state index is 7.50. The minimum Gasteiger partial charge on any atom is -0.307 e. The van der Waals surface area contributed by atoms with Crippen LogP contribution in [0.4, 0.5) is 5.69 Å². The molecule has 0 N–H and O–H groups in total. The summed E-state index contributed by atoms with van der Waals surface area (Å²) in [6, 6.07) is 48.8. The van der Waals surface area contributed by atoms with Crippen LogP contribution < -0.4 is 0 Å². The zero-order valence-corrected chi connectivity index (χ0v) is 25.5. The van der Waals surface area contributed by atoms with E-state index < -0.39 is 0 Å². The first kappa shape index (κ1) is 25.4. The molecule has 220 valence electrons. The van der Waals surface area contributed by atoms with Gasteiger partial charge in [-0.05, 0) is 35.7 Å². The highest BCUT2D eigenvalue weighted by atomic mass is 15.1. The molecule has 0 aliphatic heterocycles. The Morgan fingerprint density at radius 1 is 0.500 bits per heavy atom. The van der Waals surface area contributed by atoms with E-state index in [0.29, 0.717) is 5.69 Å². The van der Waals surface area contributed by atoms with Crippen LogP contribution in [0.5, 0.6) is 0 Å². The fourth-order valence-corrected chi connectivity index (χ4v) is 8.03. The van der Waals surface area contributed by atoms with Crippen molar-refractivity contribution >= 4 is 87.4 Å². The molecule has 0 unspecified atom stereocenters. The number of hydrogen-bond acceptors (Lipinski definition) is 2. The first-order valence-electron chi connectivity index (χ1n) is 16.1. The van der Waals surface area contributed by atoms with Gasteiger partial charge in [0.1, 0.15) is 5.69 Å². The minimum atomic E-state index is 0.596. The van der Waals surface area contributed by atoms with E-state index in [1.807, 2.05) is 48.5 Å². The summed E-state index contributed by atoms with van der Waals surface area (Å²) < 4.78 is 4.80. The molecule has 0 atom stereocenters. The summed E-state index contributed by atoms with van der Waals surface area (Å²) in [6.45, 7) is 7.50. The Morgan fingerprint density at radius 3 is 2.00 bits per heavy atom. The quantitative estimate of drug-likeness (QED) is 0.183. The highest BCUT2D eigenvalue weighted by molar-refractivity contribution is 6.37. The van der Waals surface area contributed by atoms with E-state index in [1.165, 1.54) is 59.6 Å². The van der Waals surface area contributed by atoms with Crippen LogP contribution in [0.1, 0.15) is 0 Å². The van der Waals surface area contributed by atoms with Crippen molar-refractivity contribution in [1.29, 1.82) is 0 Å². The second kappa shape index (κ2) is 9.16. The van der Waals surface area contributed by atoms with Crippen molar-refractivity contribution in [3.63, 3.8) is 0 Å². The zero-order valence-electron chi connectivity index (χ0n) is 25.5. The molecule has 0 saturated heterocycles. The largest absolute Gasteiger partial charge is 0.307 e. The SMILES string of the molecule is [C-]#[N+]c1ccc(-c2nc3ccccc3nc2-n2c3ccccc3c3c4c5ccc6ccccc6c5n5c6ccccc6c(cc32)c45)cc1. The van der Waals surface area contributed by atoms with Crippen molar-refractivity contribution in [3.8, 4) is 17.1 Å². The molecule has 0 bridgehead atoms. The number of nitrogens with zero attached hydrogens (tertiary/aromatic N) is 5. The minimum absolute atomic E-state index is 0.596. The van der Waals surface area contributed by atoms with Crippen molar-refractivity contribution in [2.24, 2.45) is 0 Å². The van der Waals surface area contributed by atoms with Crippen LogP contribution in [-0.2, 0) is 0 Å². The highest BCUT2D eigenvalue weighted by Gasteiger charge is 2.26. The topological polar surface area (TPSA) is 39.5 Å². The van der Waals surface area contributed by atoms with Crippen molar-refractivity contribution in [2.45, 2.75) is 0 Å². The molecule has 0 spiro atoms. The van der Waals surface area contributed by atoms with E-state index in [-0.39, 0.29) is 0 Å². The lowest BCUT2D eigenvalue weighted by atomic mass is 10.00. The van der Waals surface area contributed by atoms with Gasteiger partial charge in [-0.15, -0.1) is 0 Å². The Balaban J connectivity index is 1.39. The third-order valence-corrected chi connectivity index (χ3v) is 10.0. The molecule has 5 heteroatoms. The lowest BCUT2D eigenvalue weighted by Crippen LogP contribution is -2.03. The van der Waals surface area contributed by atoms with Gasteiger partial charge in [-0.1, -0.05) is 109 Å². The normalized spacial score (nSPS) is 12.1. The van der Waals surface area contributed by atoms with Gasteiger partial charge in [-0.3, -0.25) is 4.57 Å². The molecule has 0 aliphatic rings. The summed E-state index contributed by atoms with van der Waals surface area (Å²) in [5.74, 6) is 0.766. The molecule has 0 amide bonds. The van der Waals surface area contributed by atoms with Gasteiger partial charge in [0, 0.05) is 43.3 Å². The van der Waals surface area contributed by atoms with Gasteiger partial charge < -0.3 is 4.40 Å². The second-order valence-corrected chi connectivity index (χ2v) is 12.5. The lowest BCUT2D eigenvalue weighted by Gasteiger charge is -2.14. The molecule has 4 heterocycles. The highest BCUT2D eigenvalue weighted by Crippen LogP contribution is 2.48. The Labute approximate surface area is 273 Å². The van der Waals surface area contributed by atoms with Crippen LogP contribution in [0.15, 0.2) is 140 Å². The molecule has 0 aliphatic carbocycles. The van der Waals surface area contributed by atoms with Gasteiger partial charge >= 0.3 is 0 Å². The van der Waals surface area contributed by atoms with Gasteiger partial charge in [0.2, 0.25) is 0 Å². The van der Waals surface area contributed by atoms with Gasteiger partial charge in [-0.2, -0.15) is 0 Å². The van der Waals surface area contributed by atoms with E-state index in [4.69, 9.17) is 16.5 Å². The number of benzene rings is 7. The van der Waals surface area contributed by atoms with Crippen LogP contribution >= 0.6 is 0 Å². The summed E-state index contributed by atoms with van der Waals surface area (Å²) in [4.78, 5) is 14.2. The van der Waals surface area contributed by atoms with E-state index in [1.54, 1.807) is 0 Å². The Kier molecular flexibility index (Phi) is 4.85. The molecule has 5 nitrogen and oxygen atoms in total. The Morgan fingerprint density at radius 2 is 1.19 bits per heavy atom. The smallest absolute Gasteiger partial charge is 0.187 e. The van der Waals surface area contributed by atoms with Crippen LogP contribution in [0.25, 0.3) is 104 Å². The van der Waals surface area contributed by atoms with Gasteiger partial charge in [0.05, 0.1) is 45.2 Å². The van der Waals surface area contributed by atoms with E-state index in [2.05, 4.69) is 105 Å². The Bertz CT molecular complexity index is 3170. The molecular weight excluding hydrogens is 587 g/mol. The summed E-state index contributed by atoms with van der Waals surface area (Å²) in [7, 11) is 0. The molecule has 11 rings (SSSR count). The summed E-state index contributed by atoms with van der Waals surface area (Å²) >= 11 is 0. The predicted octanol–water partition coefficient (Wildman–Crippen LogP) is 11.2. The first-order chi connectivity index (χ1) is 23.8. The third-order valence-electron chi connectivity index (χ3n) is 10.0. The molecular formula is C43H23N5. The molecule has 0 fully saturated rings. The van der Waals surface area contributed by atoms with Crippen molar-refractivity contribution in [3.05, 3.63) is 151 Å². The van der Waals surface area contributed by atoms with Crippen molar-refractivity contribution < 1.29 is 0 Å². The number of aromatic nitrogens is 4. The first-order valence-corrected chi connectivity index (χ1v) is 16.1. The van der Waals surface area contributed by atoms with E-state index in [9.17, 15) is 0 Å². The fraction of sp³-hybridized carbons (Fsp3) is 0. The number of fused-ring (bicyclic) bond motifs is 13. The van der Waals surface area contributed by atoms with Crippen molar-refractivity contribution in [1.82, 2.24) is 18.9 Å². The monoisotopic (exact) mass is 609 g/mol. The molecule has 7 aromatic carbocycles. The maximum atomic E-state index is 7.50. The van der Waals surface area contributed by atoms with Crippen molar-refractivity contribution in [2.75, 3.05) is 0 Å². The molecule has 48 heavy (non-hydrogen) atoms. The molecule has 0 radical (unpaired) electrons. The lowest BCUT2D eigenvalue weighted by molar-refractivity contribution is 1.08. The van der Waals surface area contributed by atoms with Gasteiger partial charge in [0.15, 0.2) is 11.5 Å². The number of para-hydroxylation sites is 4. The van der Waals surface area contributed by atoms with E-state index in [0.717, 1.165) is 39.1 Å². The summed E-state index contributed by atoms with van der Waals surface area (Å²) in [5, 5.41) is 9.80. The number of hydrogen-bond donors (Lipinski definition) is 0. The van der Waals surface area contributed by atoms with Crippen LogP contribution in [-0.4, -0.2) is 18.9 Å². The summed E-state index contributed by atoms with van der Waals surface area (Å²) in [6.07, 6.45) is 0. The van der Waals surface area contributed by atoms with Crippen LogP contribution in [0, 0.1) is 6.57 Å². The second-order valence-electron chi connectivity index (χ2n) is 12.5. The molecule has 4 aromatic heterocycles. The molecule has 11 aromatic rings.